The summed E-state index contributed by atoms with van der Waals surface area (Å²) >= 11 is 0. The minimum absolute atomic E-state index is 0. The second-order valence-electron chi connectivity index (χ2n) is 2.00. The Hall–Kier alpha value is 0.170. The largest absolute Gasteiger partial charge is 0.390 e. The van der Waals surface area contributed by atoms with Gasteiger partial charge in [-0.2, -0.15) is 0 Å². The molecule has 3 nitrogen and oxygen atoms in total. The van der Waals surface area contributed by atoms with Crippen LogP contribution in [0.3, 0.4) is 0 Å². The molecule has 0 aliphatic carbocycles. The van der Waals surface area contributed by atoms with Gasteiger partial charge in [-0.3, -0.25) is 0 Å². The summed E-state index contributed by atoms with van der Waals surface area (Å²) in [4.78, 5) is 0. The molecule has 1 saturated heterocycles. The van der Waals surface area contributed by atoms with Crippen molar-refractivity contribution < 1.29 is 14.9 Å². The summed E-state index contributed by atoms with van der Waals surface area (Å²) in [5, 5.41) is 17.7. The highest BCUT2D eigenvalue weighted by molar-refractivity contribution is 5.85. The fourth-order valence-corrected chi connectivity index (χ4v) is 0.712. The number of aliphatic hydroxyl groups excluding tert-OH is 2. The van der Waals surface area contributed by atoms with Crippen LogP contribution in [0.5, 0.6) is 0 Å². The van der Waals surface area contributed by atoms with E-state index in [0.29, 0.717) is 13.0 Å². The van der Waals surface area contributed by atoms with E-state index in [9.17, 15) is 0 Å². The van der Waals surface area contributed by atoms with E-state index < -0.39 is 12.2 Å². The Labute approximate surface area is 60.0 Å². The average molecular weight is 155 g/mol. The molecule has 0 aromatic heterocycles. The van der Waals surface area contributed by atoms with Gasteiger partial charge in [-0.05, 0) is 6.42 Å². The molecule has 1 rings (SSSR count). The number of hydrogen-bond acceptors (Lipinski definition) is 3. The fourth-order valence-electron chi connectivity index (χ4n) is 0.712. The van der Waals surface area contributed by atoms with Gasteiger partial charge in [0.15, 0.2) is 0 Å². The monoisotopic (exact) mass is 154 g/mol. The minimum Gasteiger partial charge on any atom is -0.390 e. The lowest BCUT2D eigenvalue weighted by atomic mass is 10.1. The van der Waals surface area contributed by atoms with Crippen molar-refractivity contribution >= 4 is 12.4 Å². The van der Waals surface area contributed by atoms with Gasteiger partial charge in [0.2, 0.25) is 0 Å². The zero-order valence-electron chi connectivity index (χ0n) is 4.99. The van der Waals surface area contributed by atoms with Gasteiger partial charge in [0.05, 0.1) is 12.7 Å². The second kappa shape index (κ2) is 4.06. The summed E-state index contributed by atoms with van der Waals surface area (Å²) in [5.74, 6) is 0. The Bertz CT molecular complexity index is 68.6. The highest BCUT2D eigenvalue weighted by atomic mass is 35.5. The molecule has 0 aromatic rings. The third-order valence-electron chi connectivity index (χ3n) is 1.29. The molecule has 56 valence electrons. The van der Waals surface area contributed by atoms with E-state index in [2.05, 4.69) is 0 Å². The zero-order chi connectivity index (χ0) is 5.98. The second-order valence-corrected chi connectivity index (χ2v) is 2.00. The highest BCUT2D eigenvalue weighted by Crippen LogP contribution is 2.05. The lowest BCUT2D eigenvalue weighted by Crippen LogP contribution is -2.36. The first-order chi connectivity index (χ1) is 3.80. The molecule has 1 heterocycles. The van der Waals surface area contributed by atoms with E-state index in [0.717, 1.165) is 0 Å². The predicted molar refractivity (Wildman–Crippen MR) is 34.7 cm³/mol. The van der Waals surface area contributed by atoms with Crippen LogP contribution in [-0.4, -0.2) is 35.6 Å². The van der Waals surface area contributed by atoms with Crippen molar-refractivity contribution in [1.82, 2.24) is 0 Å². The zero-order valence-corrected chi connectivity index (χ0v) is 5.80. The third-order valence-corrected chi connectivity index (χ3v) is 1.29. The van der Waals surface area contributed by atoms with Crippen molar-refractivity contribution in [3.63, 3.8) is 0 Å². The first kappa shape index (κ1) is 9.17. The Morgan fingerprint density at radius 2 is 1.89 bits per heavy atom. The molecule has 1 aliphatic heterocycles. The van der Waals surface area contributed by atoms with Crippen molar-refractivity contribution in [2.45, 2.75) is 18.6 Å². The van der Waals surface area contributed by atoms with Crippen LogP contribution >= 0.6 is 12.4 Å². The van der Waals surface area contributed by atoms with E-state index in [-0.39, 0.29) is 19.0 Å². The van der Waals surface area contributed by atoms with Crippen molar-refractivity contribution in [2.75, 3.05) is 13.2 Å². The van der Waals surface area contributed by atoms with E-state index in [4.69, 9.17) is 14.9 Å². The summed E-state index contributed by atoms with van der Waals surface area (Å²) in [6, 6.07) is 0. The van der Waals surface area contributed by atoms with Crippen molar-refractivity contribution in [2.24, 2.45) is 0 Å². The van der Waals surface area contributed by atoms with Crippen LogP contribution in [-0.2, 0) is 4.74 Å². The summed E-state index contributed by atoms with van der Waals surface area (Å²) in [7, 11) is 0. The van der Waals surface area contributed by atoms with Gasteiger partial charge in [0.25, 0.3) is 0 Å². The smallest absolute Gasteiger partial charge is 0.103 e. The van der Waals surface area contributed by atoms with Crippen LogP contribution in [0.4, 0.5) is 0 Å². The standard InChI is InChI=1S/C5H10O3.ClH/c6-4-1-2-8-3-5(4)7;/h4-7H,1-3H2;1H. The van der Waals surface area contributed by atoms with Crippen LogP contribution in [0.1, 0.15) is 6.42 Å². The van der Waals surface area contributed by atoms with Crippen molar-refractivity contribution in [1.29, 1.82) is 0 Å². The Morgan fingerprint density at radius 3 is 2.22 bits per heavy atom. The normalized spacial score (nSPS) is 35.3. The quantitative estimate of drug-likeness (QED) is 0.497. The number of rotatable bonds is 0. The van der Waals surface area contributed by atoms with E-state index >= 15 is 0 Å². The molecule has 2 N–H and O–H groups in total. The average Bonchev–Trinajstić information content (AvgIpc) is 1.77. The molecule has 0 radical (unpaired) electrons. The maximum atomic E-state index is 8.85. The molecule has 4 heteroatoms. The number of ether oxygens (including phenoxy) is 1. The molecular weight excluding hydrogens is 144 g/mol. The van der Waals surface area contributed by atoms with Crippen LogP contribution < -0.4 is 0 Å². The molecule has 0 amide bonds. The van der Waals surface area contributed by atoms with Crippen LogP contribution in [0.25, 0.3) is 0 Å². The van der Waals surface area contributed by atoms with Gasteiger partial charge < -0.3 is 14.9 Å². The molecule has 0 saturated carbocycles. The lowest BCUT2D eigenvalue weighted by molar-refractivity contribution is -0.0852. The summed E-state index contributed by atoms with van der Waals surface area (Å²) in [6.45, 7) is 0.847. The topological polar surface area (TPSA) is 49.7 Å². The molecular formula is C5H11ClO3. The molecule has 2 unspecified atom stereocenters. The number of halogens is 1. The molecule has 0 spiro atoms. The SMILES string of the molecule is Cl.OC1CCOCC1O. The third kappa shape index (κ3) is 2.49. The Morgan fingerprint density at radius 1 is 1.22 bits per heavy atom. The summed E-state index contributed by atoms with van der Waals surface area (Å²) in [6.07, 6.45) is -0.672. The van der Waals surface area contributed by atoms with Crippen molar-refractivity contribution in [3.8, 4) is 0 Å². The predicted octanol–water partition coefficient (Wildman–Crippen LogP) is -0.450. The molecule has 1 aliphatic rings. The van der Waals surface area contributed by atoms with Crippen LogP contribution in [0.15, 0.2) is 0 Å². The van der Waals surface area contributed by atoms with Crippen LogP contribution in [0.2, 0.25) is 0 Å². The Balaban J connectivity index is 0.000000640. The maximum Gasteiger partial charge on any atom is 0.103 e. The molecule has 0 aromatic carbocycles. The molecule has 0 bridgehead atoms. The van der Waals surface area contributed by atoms with Crippen LogP contribution in [0, 0.1) is 0 Å². The Kier molecular flexibility index (Phi) is 4.14. The van der Waals surface area contributed by atoms with Gasteiger partial charge >= 0.3 is 0 Å². The number of aliphatic hydroxyl groups is 2. The van der Waals surface area contributed by atoms with Gasteiger partial charge in [-0.1, -0.05) is 0 Å². The van der Waals surface area contributed by atoms with E-state index in [1.165, 1.54) is 0 Å². The van der Waals surface area contributed by atoms with Gasteiger partial charge in [-0.25, -0.2) is 0 Å². The van der Waals surface area contributed by atoms with E-state index in [1.54, 1.807) is 0 Å². The minimum atomic E-state index is -0.663. The molecule has 9 heavy (non-hydrogen) atoms. The first-order valence-electron chi connectivity index (χ1n) is 2.74. The summed E-state index contributed by atoms with van der Waals surface area (Å²) < 4.78 is 4.84. The summed E-state index contributed by atoms with van der Waals surface area (Å²) in [5.41, 5.74) is 0. The van der Waals surface area contributed by atoms with E-state index in [1.807, 2.05) is 0 Å². The van der Waals surface area contributed by atoms with Gasteiger partial charge in [-0.15, -0.1) is 12.4 Å². The lowest BCUT2D eigenvalue weighted by Gasteiger charge is -2.22. The maximum absolute atomic E-state index is 8.85. The van der Waals surface area contributed by atoms with Gasteiger partial charge in [0, 0.05) is 6.61 Å². The highest BCUT2D eigenvalue weighted by Gasteiger charge is 2.20. The van der Waals surface area contributed by atoms with Crippen molar-refractivity contribution in [3.05, 3.63) is 0 Å². The molecule has 1 fully saturated rings. The first-order valence-corrected chi connectivity index (χ1v) is 2.74. The molecule has 2 atom stereocenters. The number of hydrogen-bond donors (Lipinski definition) is 2. The fraction of sp³-hybridized carbons (Fsp3) is 1.00. The van der Waals surface area contributed by atoms with Gasteiger partial charge in [0.1, 0.15) is 6.10 Å².